The number of ketones is 1. The minimum Gasteiger partial charge on any atom is -0.293 e. The molecular formula is C17H18N2O3S2. The summed E-state index contributed by atoms with van der Waals surface area (Å²) < 4.78 is 0. The number of carbonyl (C=O) groups excluding carboxylic acids is 3. The van der Waals surface area contributed by atoms with Gasteiger partial charge in [0.05, 0.1) is 9.75 Å². The summed E-state index contributed by atoms with van der Waals surface area (Å²) in [5.74, 6) is -0.723. The molecular weight excluding hydrogens is 344 g/mol. The Labute approximate surface area is 148 Å². The van der Waals surface area contributed by atoms with E-state index in [1.165, 1.54) is 46.0 Å². The van der Waals surface area contributed by atoms with E-state index in [2.05, 4.69) is 10.9 Å². The Bertz CT molecular complexity index is 726. The number of hydrazine groups is 1. The minimum absolute atomic E-state index is 0.0535. The lowest BCUT2D eigenvalue weighted by atomic mass is 9.99. The Kier molecular flexibility index (Phi) is 5.42. The summed E-state index contributed by atoms with van der Waals surface area (Å²) in [5.41, 5.74) is 6.06. The molecule has 0 radical (unpaired) electrons. The van der Waals surface area contributed by atoms with Crippen LogP contribution < -0.4 is 10.9 Å². The molecule has 0 atom stereocenters. The van der Waals surface area contributed by atoms with Crippen molar-refractivity contribution in [2.45, 2.75) is 38.5 Å². The fourth-order valence-electron chi connectivity index (χ4n) is 2.64. The average molecular weight is 362 g/mol. The topological polar surface area (TPSA) is 75.3 Å². The number of thiophene rings is 2. The molecule has 2 N–H and O–H groups in total. The highest BCUT2D eigenvalue weighted by Gasteiger charge is 2.17. The Balaban J connectivity index is 1.45. The zero-order valence-electron chi connectivity index (χ0n) is 13.1. The number of hydrogen-bond donors (Lipinski definition) is 2. The fraction of sp³-hybridized carbons (Fsp3) is 0.353. The lowest BCUT2D eigenvalue weighted by Crippen LogP contribution is -2.41. The van der Waals surface area contributed by atoms with Gasteiger partial charge in [0.2, 0.25) is 5.91 Å². The second-order valence-electron chi connectivity index (χ2n) is 5.67. The van der Waals surface area contributed by atoms with Gasteiger partial charge >= 0.3 is 0 Å². The molecule has 0 bridgehead atoms. The monoisotopic (exact) mass is 362 g/mol. The molecule has 1 aliphatic carbocycles. The van der Waals surface area contributed by atoms with Crippen LogP contribution in [0, 0.1) is 0 Å². The van der Waals surface area contributed by atoms with Crippen LogP contribution in [0.5, 0.6) is 0 Å². The van der Waals surface area contributed by atoms with E-state index < -0.39 is 0 Å². The van der Waals surface area contributed by atoms with Crippen molar-refractivity contribution in [1.29, 1.82) is 0 Å². The smallest absolute Gasteiger partial charge is 0.279 e. The molecule has 1 aliphatic rings. The van der Waals surface area contributed by atoms with E-state index in [9.17, 15) is 14.4 Å². The van der Waals surface area contributed by atoms with Crippen LogP contribution in [0.15, 0.2) is 23.6 Å². The first-order valence-electron chi connectivity index (χ1n) is 7.91. The summed E-state index contributed by atoms with van der Waals surface area (Å²) in [5, 5.41) is 1.83. The molecule has 2 amide bonds. The Morgan fingerprint density at radius 2 is 1.88 bits per heavy atom. The van der Waals surface area contributed by atoms with Gasteiger partial charge in [-0.15, -0.1) is 22.7 Å². The molecule has 2 aromatic heterocycles. The molecule has 24 heavy (non-hydrogen) atoms. The van der Waals surface area contributed by atoms with E-state index in [0.29, 0.717) is 9.75 Å². The molecule has 0 spiro atoms. The number of carbonyl (C=O) groups is 3. The van der Waals surface area contributed by atoms with Crippen LogP contribution in [0.25, 0.3) is 0 Å². The number of aryl methyl sites for hydroxylation is 2. The van der Waals surface area contributed by atoms with Crippen LogP contribution in [0.2, 0.25) is 0 Å². The molecule has 7 heteroatoms. The quantitative estimate of drug-likeness (QED) is 0.634. The third-order valence-electron chi connectivity index (χ3n) is 3.91. The fourth-order valence-corrected chi connectivity index (χ4v) is 4.48. The summed E-state index contributed by atoms with van der Waals surface area (Å²) in [7, 11) is 0. The van der Waals surface area contributed by atoms with Crippen molar-refractivity contribution in [1.82, 2.24) is 10.9 Å². The van der Waals surface area contributed by atoms with E-state index >= 15 is 0 Å². The van der Waals surface area contributed by atoms with Crippen molar-refractivity contribution in [3.63, 3.8) is 0 Å². The van der Waals surface area contributed by atoms with Crippen LogP contribution in [0.1, 0.15) is 55.5 Å². The normalized spacial score (nSPS) is 13.2. The maximum atomic E-state index is 12.1. The largest absolute Gasteiger partial charge is 0.293 e. The number of hydrogen-bond acceptors (Lipinski definition) is 5. The van der Waals surface area contributed by atoms with Gasteiger partial charge in [-0.3, -0.25) is 25.2 Å². The first kappa shape index (κ1) is 16.9. The molecule has 0 aromatic carbocycles. The Morgan fingerprint density at radius 1 is 1.04 bits per heavy atom. The third kappa shape index (κ3) is 4.10. The zero-order chi connectivity index (χ0) is 16.9. The van der Waals surface area contributed by atoms with Gasteiger partial charge in [0.1, 0.15) is 0 Å². The molecule has 0 fully saturated rings. The second kappa shape index (κ2) is 7.72. The van der Waals surface area contributed by atoms with Crippen molar-refractivity contribution < 1.29 is 14.4 Å². The van der Waals surface area contributed by atoms with Gasteiger partial charge in [-0.25, -0.2) is 0 Å². The summed E-state index contributed by atoms with van der Waals surface area (Å²) in [6.45, 7) is 0. The molecule has 2 aromatic rings. The molecule has 2 heterocycles. The lowest BCUT2D eigenvalue weighted by Gasteiger charge is -2.08. The predicted octanol–water partition coefficient (Wildman–Crippen LogP) is 3.11. The van der Waals surface area contributed by atoms with E-state index in [0.717, 1.165) is 12.8 Å². The maximum absolute atomic E-state index is 12.1. The maximum Gasteiger partial charge on any atom is 0.279 e. The average Bonchev–Trinajstić information content (AvgIpc) is 3.26. The molecule has 0 unspecified atom stereocenters. The van der Waals surface area contributed by atoms with Gasteiger partial charge in [0, 0.05) is 17.7 Å². The van der Waals surface area contributed by atoms with Crippen molar-refractivity contribution in [2.75, 3.05) is 0 Å². The number of rotatable bonds is 5. The molecule has 5 nitrogen and oxygen atoms in total. The van der Waals surface area contributed by atoms with Crippen molar-refractivity contribution in [3.05, 3.63) is 43.8 Å². The van der Waals surface area contributed by atoms with Crippen molar-refractivity contribution >= 4 is 40.3 Å². The van der Waals surface area contributed by atoms with Gasteiger partial charge in [-0.05, 0) is 48.8 Å². The number of amides is 2. The third-order valence-corrected chi connectivity index (χ3v) is 6.06. The van der Waals surface area contributed by atoms with Crippen molar-refractivity contribution in [2.24, 2.45) is 0 Å². The van der Waals surface area contributed by atoms with Crippen LogP contribution in [-0.4, -0.2) is 17.6 Å². The number of fused-ring (bicyclic) bond motifs is 1. The highest BCUT2D eigenvalue weighted by molar-refractivity contribution is 7.14. The highest BCUT2D eigenvalue weighted by Crippen LogP contribution is 2.29. The highest BCUT2D eigenvalue weighted by atomic mass is 32.1. The van der Waals surface area contributed by atoms with E-state index in [4.69, 9.17) is 0 Å². The molecule has 3 rings (SSSR count). The number of Topliss-reactive ketones (excluding diaryl/α,β-unsaturated/α-hetero) is 1. The van der Waals surface area contributed by atoms with Gasteiger partial charge in [-0.1, -0.05) is 6.07 Å². The van der Waals surface area contributed by atoms with Crippen LogP contribution in [0.4, 0.5) is 0 Å². The predicted molar refractivity (Wildman–Crippen MR) is 94.5 cm³/mol. The van der Waals surface area contributed by atoms with E-state index in [1.54, 1.807) is 12.1 Å². The first-order chi connectivity index (χ1) is 11.6. The second-order valence-corrected chi connectivity index (χ2v) is 7.75. The van der Waals surface area contributed by atoms with E-state index in [-0.39, 0.29) is 30.4 Å². The minimum atomic E-state index is -0.366. The Hall–Kier alpha value is -1.99. The standard InChI is InChI=1S/C17H18N2O3S2/c20-12(14-6-3-9-23-14)7-8-16(21)18-19-17(22)15-10-11-4-1-2-5-13(11)24-15/h3,6,9-10H,1-2,4-5,7-8H2,(H,18,21)(H,19,22). The van der Waals surface area contributed by atoms with Crippen LogP contribution >= 0.6 is 22.7 Å². The molecule has 0 aliphatic heterocycles. The van der Waals surface area contributed by atoms with Gasteiger partial charge in [0.25, 0.3) is 5.91 Å². The SMILES string of the molecule is O=C(CCC(=O)c1cccs1)NNC(=O)c1cc2c(s1)CCCC2. The van der Waals surface area contributed by atoms with Crippen molar-refractivity contribution in [3.8, 4) is 0 Å². The van der Waals surface area contributed by atoms with Crippen LogP contribution in [-0.2, 0) is 17.6 Å². The van der Waals surface area contributed by atoms with Gasteiger partial charge in [-0.2, -0.15) is 0 Å². The lowest BCUT2D eigenvalue weighted by molar-refractivity contribution is -0.121. The summed E-state index contributed by atoms with van der Waals surface area (Å²) in [4.78, 5) is 38.3. The molecule has 126 valence electrons. The summed E-state index contributed by atoms with van der Waals surface area (Å²) in [6.07, 6.45) is 4.58. The molecule has 0 saturated carbocycles. The summed E-state index contributed by atoms with van der Waals surface area (Å²) >= 11 is 2.86. The molecule has 0 saturated heterocycles. The van der Waals surface area contributed by atoms with Gasteiger partial charge in [0.15, 0.2) is 5.78 Å². The zero-order valence-corrected chi connectivity index (χ0v) is 14.7. The van der Waals surface area contributed by atoms with E-state index in [1.807, 2.05) is 11.4 Å². The Morgan fingerprint density at radius 3 is 2.62 bits per heavy atom. The van der Waals surface area contributed by atoms with Gasteiger partial charge < -0.3 is 0 Å². The number of nitrogens with one attached hydrogen (secondary N) is 2. The first-order valence-corrected chi connectivity index (χ1v) is 9.60. The summed E-state index contributed by atoms with van der Waals surface area (Å²) in [6, 6.07) is 5.46. The van der Waals surface area contributed by atoms with Crippen LogP contribution in [0.3, 0.4) is 0 Å².